The summed E-state index contributed by atoms with van der Waals surface area (Å²) in [5, 5.41) is 0. The van der Waals surface area contributed by atoms with E-state index in [0.717, 1.165) is 37.9 Å². The van der Waals surface area contributed by atoms with Crippen LogP contribution in [0.3, 0.4) is 0 Å². The highest BCUT2D eigenvalue weighted by Gasteiger charge is 2.42. The number of hydrogen-bond acceptors (Lipinski definition) is 3. The predicted molar refractivity (Wildman–Crippen MR) is 95.9 cm³/mol. The number of fused-ring (bicyclic) bond motifs is 1. The number of aromatic nitrogens is 1. The maximum atomic E-state index is 13.1. The molecule has 1 aliphatic carbocycles. The summed E-state index contributed by atoms with van der Waals surface area (Å²) in [4.78, 5) is 18.8. The van der Waals surface area contributed by atoms with E-state index in [1.54, 1.807) is 18.3 Å². The molecule has 1 amide bonds. The lowest BCUT2D eigenvalue weighted by molar-refractivity contribution is -0.0293. The van der Waals surface area contributed by atoms with Gasteiger partial charge in [0.15, 0.2) is 0 Å². The van der Waals surface area contributed by atoms with Crippen LogP contribution in [0.1, 0.15) is 35.2 Å². The van der Waals surface area contributed by atoms with Gasteiger partial charge in [0.25, 0.3) is 5.91 Å². The Morgan fingerprint density at radius 3 is 2.81 bits per heavy atom. The van der Waals surface area contributed by atoms with Gasteiger partial charge < -0.3 is 9.64 Å². The number of likely N-dealkylation sites (tertiary alicyclic amines) is 1. The van der Waals surface area contributed by atoms with E-state index in [0.29, 0.717) is 24.0 Å². The summed E-state index contributed by atoms with van der Waals surface area (Å²) in [5.74, 6) is 0.544. The highest BCUT2D eigenvalue weighted by atomic mass is 19.1. The van der Waals surface area contributed by atoms with Gasteiger partial charge in [0.05, 0.1) is 12.7 Å². The third-order valence-corrected chi connectivity index (χ3v) is 5.60. The van der Waals surface area contributed by atoms with Crippen molar-refractivity contribution < 1.29 is 13.9 Å². The molecule has 1 aromatic carbocycles. The van der Waals surface area contributed by atoms with Gasteiger partial charge >= 0.3 is 0 Å². The van der Waals surface area contributed by atoms with E-state index in [-0.39, 0.29) is 17.8 Å². The molecule has 0 bridgehead atoms. The molecule has 1 saturated carbocycles. The topological polar surface area (TPSA) is 42.4 Å². The van der Waals surface area contributed by atoms with Crippen LogP contribution in [-0.2, 0) is 11.3 Å². The Labute approximate surface area is 153 Å². The normalized spacial score (nSPS) is 25.1. The Morgan fingerprint density at radius 1 is 1.19 bits per heavy atom. The third-order valence-electron chi connectivity index (χ3n) is 5.60. The Morgan fingerprint density at radius 2 is 2.04 bits per heavy atom. The molecule has 2 fully saturated rings. The van der Waals surface area contributed by atoms with Crippen LogP contribution in [-0.4, -0.2) is 35.0 Å². The van der Waals surface area contributed by atoms with Gasteiger partial charge in [0, 0.05) is 37.0 Å². The molecule has 3 atom stereocenters. The molecule has 1 unspecified atom stereocenters. The zero-order chi connectivity index (χ0) is 17.9. The molecular formula is C21H23FN2O2. The van der Waals surface area contributed by atoms with Gasteiger partial charge in [-0.3, -0.25) is 9.78 Å². The molecule has 0 N–H and O–H groups in total. The maximum absolute atomic E-state index is 13.1. The van der Waals surface area contributed by atoms with Crippen molar-refractivity contribution >= 4 is 5.91 Å². The number of benzene rings is 1. The number of carbonyl (C=O) groups is 1. The van der Waals surface area contributed by atoms with Crippen LogP contribution in [0, 0.1) is 17.7 Å². The Balaban J connectivity index is 1.40. The average molecular weight is 354 g/mol. The molecule has 4 rings (SSSR count). The number of halogens is 1. The zero-order valence-corrected chi connectivity index (χ0v) is 14.7. The molecule has 136 valence electrons. The van der Waals surface area contributed by atoms with Crippen molar-refractivity contribution in [3.8, 4) is 0 Å². The van der Waals surface area contributed by atoms with E-state index in [1.165, 1.54) is 12.1 Å². The fourth-order valence-corrected chi connectivity index (χ4v) is 4.25. The smallest absolute Gasteiger partial charge is 0.253 e. The molecule has 1 aliphatic heterocycles. The van der Waals surface area contributed by atoms with Gasteiger partial charge in [-0.25, -0.2) is 4.39 Å². The first-order chi connectivity index (χ1) is 12.7. The molecule has 2 aliphatic rings. The quantitative estimate of drug-likeness (QED) is 0.841. The number of rotatable bonds is 4. The lowest BCUT2D eigenvalue weighted by Crippen LogP contribution is -2.34. The molecule has 1 saturated heterocycles. The number of hydrogen-bond donors (Lipinski definition) is 0. The van der Waals surface area contributed by atoms with E-state index in [2.05, 4.69) is 4.98 Å². The van der Waals surface area contributed by atoms with Crippen LogP contribution in [0.5, 0.6) is 0 Å². The lowest BCUT2D eigenvalue weighted by atomic mass is 9.79. The average Bonchev–Trinajstić information content (AvgIpc) is 3.12. The van der Waals surface area contributed by atoms with Gasteiger partial charge in [-0.1, -0.05) is 12.5 Å². The van der Waals surface area contributed by atoms with Crippen LogP contribution in [0.25, 0.3) is 0 Å². The molecule has 1 aromatic heterocycles. The summed E-state index contributed by atoms with van der Waals surface area (Å²) in [6.45, 7) is 2.06. The van der Waals surface area contributed by atoms with Gasteiger partial charge in [-0.2, -0.15) is 0 Å². The van der Waals surface area contributed by atoms with Crippen LogP contribution in [0.2, 0.25) is 0 Å². The minimum atomic E-state index is -0.319. The van der Waals surface area contributed by atoms with Crippen molar-refractivity contribution in [2.24, 2.45) is 11.8 Å². The Hall–Kier alpha value is -2.27. The second-order valence-corrected chi connectivity index (χ2v) is 7.28. The van der Waals surface area contributed by atoms with Crippen molar-refractivity contribution in [1.82, 2.24) is 9.88 Å². The molecule has 2 heterocycles. The van der Waals surface area contributed by atoms with Crippen LogP contribution in [0.4, 0.5) is 4.39 Å². The highest BCUT2D eigenvalue weighted by molar-refractivity contribution is 5.94. The Bertz CT molecular complexity index is 750. The van der Waals surface area contributed by atoms with Crippen molar-refractivity contribution in [2.75, 3.05) is 13.1 Å². The van der Waals surface area contributed by atoms with Crippen LogP contribution < -0.4 is 0 Å². The SMILES string of the molecule is O=C(c1ccc(F)cc1)N1C[C@H]2CCCC(OCc3cccnc3)[C@H]2C1. The standard InChI is InChI=1S/C21H23FN2O2/c22-18-8-6-16(7-9-18)21(25)24-12-17-4-1-5-20(19(17)13-24)26-14-15-3-2-10-23-11-15/h2-3,6-11,17,19-20H,1,4-5,12-14H2/t17-,19+,20?/m1/s1. The lowest BCUT2D eigenvalue weighted by Gasteiger charge is -2.32. The number of carbonyl (C=O) groups excluding carboxylic acids is 1. The summed E-state index contributed by atoms with van der Waals surface area (Å²) in [6.07, 6.45) is 7.09. The van der Waals surface area contributed by atoms with E-state index in [1.807, 2.05) is 23.2 Å². The molecule has 5 heteroatoms. The zero-order valence-electron chi connectivity index (χ0n) is 14.7. The minimum absolute atomic E-state index is 0.00888. The first-order valence-corrected chi connectivity index (χ1v) is 9.26. The van der Waals surface area contributed by atoms with E-state index < -0.39 is 0 Å². The first kappa shape index (κ1) is 17.2. The molecule has 2 aromatic rings. The predicted octanol–water partition coefficient (Wildman–Crippen LogP) is 3.68. The van der Waals surface area contributed by atoms with Crippen LogP contribution in [0.15, 0.2) is 48.8 Å². The molecular weight excluding hydrogens is 331 g/mol. The number of pyridine rings is 1. The van der Waals surface area contributed by atoms with Crippen LogP contribution >= 0.6 is 0 Å². The van der Waals surface area contributed by atoms with Gasteiger partial charge in [0.2, 0.25) is 0 Å². The summed E-state index contributed by atoms with van der Waals surface area (Å²) in [6, 6.07) is 9.76. The van der Waals surface area contributed by atoms with Crippen molar-refractivity contribution in [3.05, 3.63) is 65.7 Å². The number of ether oxygens (including phenoxy) is 1. The van der Waals surface area contributed by atoms with Gasteiger partial charge in [-0.05, 0) is 54.7 Å². The molecule has 0 spiro atoms. The summed E-state index contributed by atoms with van der Waals surface area (Å²) < 4.78 is 19.3. The third kappa shape index (κ3) is 3.63. The second-order valence-electron chi connectivity index (χ2n) is 7.28. The van der Waals surface area contributed by atoms with Crippen molar-refractivity contribution in [3.63, 3.8) is 0 Å². The second kappa shape index (κ2) is 7.54. The Kier molecular flexibility index (Phi) is 4.98. The van der Waals surface area contributed by atoms with Crippen molar-refractivity contribution in [1.29, 1.82) is 0 Å². The van der Waals surface area contributed by atoms with E-state index >= 15 is 0 Å². The fraction of sp³-hybridized carbons (Fsp3) is 0.429. The largest absolute Gasteiger partial charge is 0.373 e. The van der Waals surface area contributed by atoms with E-state index in [9.17, 15) is 9.18 Å². The van der Waals surface area contributed by atoms with Crippen molar-refractivity contribution in [2.45, 2.75) is 32.0 Å². The fourth-order valence-electron chi connectivity index (χ4n) is 4.25. The molecule has 4 nitrogen and oxygen atoms in total. The van der Waals surface area contributed by atoms with Gasteiger partial charge in [0.1, 0.15) is 5.82 Å². The maximum Gasteiger partial charge on any atom is 0.253 e. The first-order valence-electron chi connectivity index (χ1n) is 9.26. The highest BCUT2D eigenvalue weighted by Crippen LogP contribution is 2.38. The summed E-state index contributed by atoms with van der Waals surface area (Å²) in [5.41, 5.74) is 1.63. The van der Waals surface area contributed by atoms with E-state index in [4.69, 9.17) is 4.74 Å². The molecule has 0 radical (unpaired) electrons. The summed E-state index contributed by atoms with van der Waals surface area (Å²) in [7, 11) is 0. The van der Waals surface area contributed by atoms with Gasteiger partial charge in [-0.15, -0.1) is 0 Å². The monoisotopic (exact) mass is 354 g/mol. The summed E-state index contributed by atoms with van der Waals surface area (Å²) >= 11 is 0. The number of nitrogens with zero attached hydrogens (tertiary/aromatic N) is 2. The molecule has 26 heavy (non-hydrogen) atoms. The number of amides is 1. The minimum Gasteiger partial charge on any atom is -0.373 e.